The van der Waals surface area contributed by atoms with E-state index in [1.165, 1.54) is 0 Å². The minimum absolute atomic E-state index is 0.0104. The molecule has 6 nitrogen and oxygen atoms in total. The molecule has 0 radical (unpaired) electrons. The van der Waals surface area contributed by atoms with Crippen LogP contribution in [0.15, 0.2) is 42.5 Å². The molecule has 2 aliphatic rings. The summed E-state index contributed by atoms with van der Waals surface area (Å²) in [5.41, 5.74) is 4.21. The van der Waals surface area contributed by atoms with Crippen molar-refractivity contribution in [1.29, 1.82) is 0 Å². The van der Waals surface area contributed by atoms with E-state index in [1.54, 1.807) is 11.0 Å². The van der Waals surface area contributed by atoms with Gasteiger partial charge in [-0.3, -0.25) is 4.79 Å². The highest BCUT2D eigenvalue weighted by molar-refractivity contribution is 7.91. The number of ether oxygens (including phenoxy) is 1. The molecular formula is C24H30N2O4S. The van der Waals surface area contributed by atoms with Crippen molar-refractivity contribution < 1.29 is 17.9 Å². The van der Waals surface area contributed by atoms with Gasteiger partial charge in [0.05, 0.1) is 17.6 Å². The summed E-state index contributed by atoms with van der Waals surface area (Å²) in [6.07, 6.45) is 5.80. The number of sulfone groups is 1. The number of nitrogens with zero attached hydrogens (tertiary/aromatic N) is 2. The highest BCUT2D eigenvalue weighted by Crippen LogP contribution is 2.24. The van der Waals surface area contributed by atoms with Crippen molar-refractivity contribution >= 4 is 21.8 Å². The summed E-state index contributed by atoms with van der Waals surface area (Å²) in [4.78, 5) is 14.9. The smallest absolute Gasteiger partial charge is 0.246 e. The van der Waals surface area contributed by atoms with E-state index in [0.29, 0.717) is 19.6 Å². The van der Waals surface area contributed by atoms with Gasteiger partial charge in [-0.05, 0) is 62.9 Å². The molecule has 2 aliphatic heterocycles. The summed E-state index contributed by atoms with van der Waals surface area (Å²) in [6, 6.07) is 11.9. The summed E-state index contributed by atoms with van der Waals surface area (Å²) in [7, 11) is -3.08. The third kappa shape index (κ3) is 4.93. The van der Waals surface area contributed by atoms with Crippen LogP contribution in [0.3, 0.4) is 0 Å². The Balaban J connectivity index is 1.55. The van der Waals surface area contributed by atoms with Crippen LogP contribution in [-0.2, 0) is 19.4 Å². The van der Waals surface area contributed by atoms with Crippen LogP contribution in [-0.4, -0.2) is 60.6 Å². The number of amides is 1. The number of hydrogen-bond donors (Lipinski definition) is 0. The monoisotopic (exact) mass is 442 g/mol. The van der Waals surface area contributed by atoms with Crippen molar-refractivity contribution in [3.63, 3.8) is 0 Å². The third-order valence-corrected chi connectivity index (χ3v) is 8.00. The zero-order valence-electron chi connectivity index (χ0n) is 18.2. The topological polar surface area (TPSA) is 68.6 Å². The van der Waals surface area contributed by atoms with Gasteiger partial charge in [0.25, 0.3) is 0 Å². The molecule has 2 atom stereocenters. The number of hydrogen-bond acceptors (Lipinski definition) is 4. The van der Waals surface area contributed by atoms with E-state index >= 15 is 0 Å². The van der Waals surface area contributed by atoms with Gasteiger partial charge in [-0.2, -0.15) is 0 Å². The van der Waals surface area contributed by atoms with E-state index < -0.39 is 9.84 Å². The molecule has 3 heterocycles. The largest absolute Gasteiger partial charge is 0.376 e. The van der Waals surface area contributed by atoms with Crippen LogP contribution < -0.4 is 0 Å². The minimum atomic E-state index is -3.08. The maximum atomic E-state index is 13.2. The number of para-hydroxylation sites is 1. The van der Waals surface area contributed by atoms with Gasteiger partial charge in [0.15, 0.2) is 9.84 Å². The standard InChI is InChI=1S/C24H30N2O4S/c1-18-15-20(19(2)26(18)21-7-4-3-5-8-21)10-11-24(27)25(16-23-9-6-13-30-23)22-12-14-31(28,29)17-22/h3-5,7-8,10-11,15,22-23H,6,9,12-14,16-17H2,1-2H3/b11-10+. The molecule has 2 aromatic rings. The molecule has 0 bridgehead atoms. The second-order valence-electron chi connectivity index (χ2n) is 8.51. The molecule has 1 aromatic heterocycles. The van der Waals surface area contributed by atoms with Crippen molar-refractivity contribution in [3.05, 3.63) is 59.4 Å². The van der Waals surface area contributed by atoms with Crippen molar-refractivity contribution in [2.75, 3.05) is 24.7 Å². The van der Waals surface area contributed by atoms with Gasteiger partial charge in [-0.25, -0.2) is 8.42 Å². The van der Waals surface area contributed by atoms with E-state index in [9.17, 15) is 13.2 Å². The average molecular weight is 443 g/mol. The van der Waals surface area contributed by atoms with Crippen molar-refractivity contribution in [2.45, 2.75) is 45.3 Å². The molecule has 166 valence electrons. The van der Waals surface area contributed by atoms with Crippen LogP contribution in [0.2, 0.25) is 0 Å². The molecule has 0 spiro atoms. The van der Waals surface area contributed by atoms with Crippen LogP contribution in [0.1, 0.15) is 36.2 Å². The molecule has 0 saturated carbocycles. The number of benzene rings is 1. The molecule has 1 amide bonds. The summed E-state index contributed by atoms with van der Waals surface area (Å²) in [5, 5.41) is 0. The lowest BCUT2D eigenvalue weighted by atomic mass is 10.1. The first-order valence-electron chi connectivity index (χ1n) is 10.9. The number of aryl methyl sites for hydroxylation is 1. The van der Waals surface area contributed by atoms with Gasteiger partial charge < -0.3 is 14.2 Å². The van der Waals surface area contributed by atoms with Gasteiger partial charge in [0.1, 0.15) is 0 Å². The summed E-state index contributed by atoms with van der Waals surface area (Å²) in [5.74, 6) is 0.0404. The summed E-state index contributed by atoms with van der Waals surface area (Å²) in [6.45, 7) is 5.24. The van der Waals surface area contributed by atoms with Gasteiger partial charge in [-0.15, -0.1) is 0 Å². The molecular weight excluding hydrogens is 412 g/mol. The highest BCUT2D eigenvalue weighted by Gasteiger charge is 2.35. The van der Waals surface area contributed by atoms with Crippen LogP contribution >= 0.6 is 0 Å². The quantitative estimate of drug-likeness (QED) is 0.644. The van der Waals surface area contributed by atoms with Gasteiger partial charge in [0.2, 0.25) is 5.91 Å². The van der Waals surface area contributed by atoms with Crippen molar-refractivity contribution in [1.82, 2.24) is 9.47 Å². The predicted octanol–water partition coefficient (Wildman–Crippen LogP) is 3.30. The predicted molar refractivity (Wildman–Crippen MR) is 122 cm³/mol. The van der Waals surface area contributed by atoms with Crippen molar-refractivity contribution in [3.8, 4) is 5.69 Å². The lowest BCUT2D eigenvalue weighted by molar-refractivity contribution is -0.129. The molecule has 7 heteroatoms. The van der Waals surface area contributed by atoms with Crippen LogP contribution in [0, 0.1) is 13.8 Å². The number of rotatable bonds is 6. The molecule has 31 heavy (non-hydrogen) atoms. The van der Waals surface area contributed by atoms with E-state index in [1.807, 2.05) is 38.1 Å². The first-order valence-corrected chi connectivity index (χ1v) is 12.7. The van der Waals surface area contributed by atoms with Gasteiger partial charge >= 0.3 is 0 Å². The molecule has 4 rings (SSSR count). The van der Waals surface area contributed by atoms with Crippen LogP contribution in [0.4, 0.5) is 0 Å². The van der Waals surface area contributed by atoms with E-state index in [4.69, 9.17) is 4.74 Å². The number of carbonyl (C=O) groups excluding carboxylic acids is 1. The fraction of sp³-hybridized carbons (Fsp3) is 0.458. The second kappa shape index (κ2) is 9.01. The first-order chi connectivity index (χ1) is 14.8. The molecule has 1 aromatic carbocycles. The Morgan fingerprint density at radius 2 is 2.00 bits per heavy atom. The normalized spacial score (nSPS) is 22.9. The Morgan fingerprint density at radius 3 is 2.65 bits per heavy atom. The van der Waals surface area contributed by atoms with Crippen LogP contribution in [0.25, 0.3) is 11.8 Å². The highest BCUT2D eigenvalue weighted by atomic mass is 32.2. The first kappa shape index (κ1) is 21.8. The lowest BCUT2D eigenvalue weighted by Gasteiger charge is -2.29. The van der Waals surface area contributed by atoms with Crippen LogP contribution in [0.5, 0.6) is 0 Å². The summed E-state index contributed by atoms with van der Waals surface area (Å²) >= 11 is 0. The van der Waals surface area contributed by atoms with Gasteiger partial charge in [-0.1, -0.05) is 18.2 Å². The third-order valence-electron chi connectivity index (χ3n) is 6.25. The Hall–Kier alpha value is -2.38. The molecule has 0 aliphatic carbocycles. The molecule has 2 saturated heterocycles. The fourth-order valence-corrected chi connectivity index (χ4v) is 6.37. The number of carbonyl (C=O) groups is 1. The fourth-order valence-electron chi connectivity index (χ4n) is 4.64. The maximum absolute atomic E-state index is 13.2. The maximum Gasteiger partial charge on any atom is 0.246 e. The Morgan fingerprint density at radius 1 is 1.23 bits per heavy atom. The zero-order chi connectivity index (χ0) is 22.0. The Labute approximate surface area is 184 Å². The number of aromatic nitrogens is 1. The molecule has 2 fully saturated rings. The van der Waals surface area contributed by atoms with E-state index in [2.05, 4.69) is 22.8 Å². The zero-order valence-corrected chi connectivity index (χ0v) is 19.0. The Kier molecular flexibility index (Phi) is 6.34. The lowest BCUT2D eigenvalue weighted by Crippen LogP contribution is -2.44. The minimum Gasteiger partial charge on any atom is -0.376 e. The Bertz CT molecular complexity index is 1070. The van der Waals surface area contributed by atoms with Gasteiger partial charge in [0, 0.05) is 42.3 Å². The van der Waals surface area contributed by atoms with E-state index in [0.717, 1.165) is 35.5 Å². The second-order valence-corrected chi connectivity index (χ2v) is 10.7. The van der Waals surface area contributed by atoms with Crippen molar-refractivity contribution in [2.24, 2.45) is 0 Å². The van der Waals surface area contributed by atoms with E-state index in [-0.39, 0.29) is 29.6 Å². The molecule has 2 unspecified atom stereocenters. The average Bonchev–Trinajstić information content (AvgIpc) is 3.44. The molecule has 0 N–H and O–H groups in total. The summed E-state index contributed by atoms with van der Waals surface area (Å²) < 4.78 is 31.9. The SMILES string of the molecule is Cc1cc(/C=C/C(=O)N(CC2CCCO2)C2CCS(=O)(=O)C2)c(C)n1-c1ccccc1.